The Bertz CT molecular complexity index is 583. The minimum Gasteiger partial charge on any atom is -0.399 e. The molecule has 6 nitrogen and oxygen atoms in total. The van der Waals surface area contributed by atoms with Crippen LogP contribution in [0.1, 0.15) is 12.8 Å². The minimum absolute atomic E-state index is 0.183. The highest BCUT2D eigenvalue weighted by Gasteiger charge is 2.29. The van der Waals surface area contributed by atoms with Gasteiger partial charge in [-0.25, -0.2) is 13.1 Å². The van der Waals surface area contributed by atoms with E-state index in [4.69, 9.17) is 5.73 Å². The van der Waals surface area contributed by atoms with Crippen molar-refractivity contribution in [3.05, 3.63) is 18.2 Å². The quantitative estimate of drug-likeness (QED) is 0.683. The lowest BCUT2D eigenvalue weighted by molar-refractivity contribution is 0.0464. The molecule has 20 heavy (non-hydrogen) atoms. The van der Waals surface area contributed by atoms with Crippen LogP contribution in [0.2, 0.25) is 0 Å². The Balaban J connectivity index is 2.26. The summed E-state index contributed by atoms with van der Waals surface area (Å²) in [4.78, 5) is 2.09. The monoisotopic (exact) mass is 299 g/mol. The number of rotatable bonds is 5. The van der Waals surface area contributed by atoms with E-state index in [9.17, 15) is 13.5 Å². The number of aliphatic hydroxyl groups excluding tert-OH is 1. The summed E-state index contributed by atoms with van der Waals surface area (Å²) < 4.78 is 26.5. The van der Waals surface area contributed by atoms with Crippen molar-refractivity contribution in [2.75, 3.05) is 31.3 Å². The molecule has 1 aliphatic carbocycles. The van der Waals surface area contributed by atoms with Gasteiger partial charge in [-0.15, -0.1) is 0 Å². The molecule has 7 heteroatoms. The highest BCUT2D eigenvalue weighted by atomic mass is 32.2. The van der Waals surface area contributed by atoms with Crippen LogP contribution in [0.3, 0.4) is 0 Å². The molecule has 1 saturated carbocycles. The third-order valence-electron chi connectivity index (χ3n) is 3.70. The van der Waals surface area contributed by atoms with Crippen LogP contribution in [0.25, 0.3) is 0 Å². The van der Waals surface area contributed by atoms with E-state index in [-0.39, 0.29) is 11.0 Å². The van der Waals surface area contributed by atoms with E-state index < -0.39 is 10.0 Å². The number of hydrogen-bond donors (Lipinski definition) is 3. The van der Waals surface area contributed by atoms with Gasteiger partial charge in [-0.2, -0.15) is 0 Å². The molecule has 0 amide bonds. The Morgan fingerprint density at radius 1 is 1.45 bits per heavy atom. The molecule has 0 bridgehead atoms. The summed E-state index contributed by atoms with van der Waals surface area (Å²) >= 11 is 0. The molecule has 1 aliphatic rings. The molecular weight excluding hydrogens is 278 g/mol. The van der Waals surface area contributed by atoms with Gasteiger partial charge in [0, 0.05) is 19.3 Å². The lowest BCUT2D eigenvalue weighted by Gasteiger charge is -2.35. The first-order valence-electron chi connectivity index (χ1n) is 6.55. The van der Waals surface area contributed by atoms with Crippen LogP contribution < -0.4 is 15.4 Å². The van der Waals surface area contributed by atoms with E-state index >= 15 is 0 Å². The number of nitrogens with zero attached hydrogens (tertiary/aromatic N) is 1. The van der Waals surface area contributed by atoms with Crippen LogP contribution in [0.4, 0.5) is 11.4 Å². The molecule has 0 heterocycles. The number of nitrogens with one attached hydrogen (secondary N) is 1. The average molecular weight is 299 g/mol. The Morgan fingerprint density at radius 3 is 2.65 bits per heavy atom. The summed E-state index contributed by atoms with van der Waals surface area (Å²) in [6, 6.07) is 4.87. The molecular formula is C13H21N3O3S. The van der Waals surface area contributed by atoms with Crippen molar-refractivity contribution in [1.29, 1.82) is 0 Å². The van der Waals surface area contributed by atoms with Crippen molar-refractivity contribution in [1.82, 2.24) is 4.72 Å². The van der Waals surface area contributed by atoms with Gasteiger partial charge in [0.1, 0.15) is 4.90 Å². The molecule has 0 saturated heterocycles. The second-order valence-corrected chi connectivity index (χ2v) is 7.16. The van der Waals surface area contributed by atoms with Gasteiger partial charge in [-0.3, -0.25) is 0 Å². The fourth-order valence-corrected chi connectivity index (χ4v) is 3.52. The minimum atomic E-state index is -3.55. The van der Waals surface area contributed by atoms with Crippen molar-refractivity contribution in [3.63, 3.8) is 0 Å². The van der Waals surface area contributed by atoms with E-state index in [0.717, 1.165) is 12.8 Å². The predicted molar refractivity (Wildman–Crippen MR) is 79.1 cm³/mol. The van der Waals surface area contributed by atoms with E-state index in [1.807, 2.05) is 11.9 Å². The Morgan fingerprint density at radius 2 is 2.10 bits per heavy atom. The fourth-order valence-electron chi connectivity index (χ4n) is 2.51. The van der Waals surface area contributed by atoms with Crippen molar-refractivity contribution in [2.45, 2.75) is 23.8 Å². The summed E-state index contributed by atoms with van der Waals surface area (Å²) in [6.45, 7) is 0.715. The molecule has 4 N–H and O–H groups in total. The molecule has 0 spiro atoms. The van der Waals surface area contributed by atoms with Gasteiger partial charge in [0.05, 0.1) is 11.8 Å². The third-order valence-corrected chi connectivity index (χ3v) is 5.14. The van der Waals surface area contributed by atoms with Crippen LogP contribution >= 0.6 is 0 Å². The number of hydrogen-bond acceptors (Lipinski definition) is 5. The zero-order valence-electron chi connectivity index (χ0n) is 11.7. The SMILES string of the molecule is CNS(=O)(=O)c1cc(N)ccc1N(C)CC1CC(O)C1. The Kier molecular flexibility index (Phi) is 4.22. The van der Waals surface area contributed by atoms with Crippen molar-refractivity contribution >= 4 is 21.4 Å². The van der Waals surface area contributed by atoms with Crippen LogP contribution in [-0.4, -0.2) is 40.3 Å². The number of aliphatic hydroxyl groups is 1. The van der Waals surface area contributed by atoms with Gasteiger partial charge in [-0.1, -0.05) is 0 Å². The second kappa shape index (κ2) is 5.59. The maximum Gasteiger partial charge on any atom is 0.242 e. The molecule has 1 aromatic carbocycles. The van der Waals surface area contributed by atoms with Crippen LogP contribution in [0.15, 0.2) is 23.1 Å². The molecule has 0 aliphatic heterocycles. The largest absolute Gasteiger partial charge is 0.399 e. The Labute approximate surface area is 119 Å². The number of sulfonamides is 1. The van der Waals surface area contributed by atoms with E-state index in [1.165, 1.54) is 13.1 Å². The van der Waals surface area contributed by atoms with E-state index in [0.29, 0.717) is 23.8 Å². The van der Waals surface area contributed by atoms with Crippen molar-refractivity contribution < 1.29 is 13.5 Å². The lowest BCUT2D eigenvalue weighted by Crippen LogP contribution is -2.37. The summed E-state index contributed by atoms with van der Waals surface area (Å²) in [5.74, 6) is 0.401. The smallest absolute Gasteiger partial charge is 0.242 e. The summed E-state index contributed by atoms with van der Waals surface area (Å²) in [5.41, 5.74) is 6.72. The molecule has 1 fully saturated rings. The van der Waals surface area contributed by atoms with Crippen molar-refractivity contribution in [2.24, 2.45) is 5.92 Å². The topological polar surface area (TPSA) is 95.7 Å². The second-order valence-electron chi connectivity index (χ2n) is 5.31. The van der Waals surface area contributed by atoms with E-state index in [1.54, 1.807) is 12.1 Å². The van der Waals surface area contributed by atoms with Crippen LogP contribution in [0.5, 0.6) is 0 Å². The first-order valence-corrected chi connectivity index (χ1v) is 8.04. The normalized spacial score (nSPS) is 22.4. The number of nitrogen functional groups attached to an aromatic ring is 1. The third kappa shape index (κ3) is 3.05. The molecule has 0 unspecified atom stereocenters. The zero-order chi connectivity index (χ0) is 14.9. The zero-order valence-corrected chi connectivity index (χ0v) is 12.5. The molecule has 0 atom stereocenters. The first kappa shape index (κ1) is 15.1. The fraction of sp³-hybridized carbons (Fsp3) is 0.538. The summed E-state index contributed by atoms with van der Waals surface area (Å²) in [5, 5.41) is 9.32. The van der Waals surface area contributed by atoms with Gasteiger partial charge in [0.2, 0.25) is 10.0 Å². The summed E-state index contributed by atoms with van der Waals surface area (Å²) in [7, 11) is -0.321. The van der Waals surface area contributed by atoms with Gasteiger partial charge in [0.25, 0.3) is 0 Å². The predicted octanol–water partition coefficient (Wildman–Crippen LogP) is 0.384. The first-order chi connectivity index (χ1) is 9.33. The summed E-state index contributed by atoms with van der Waals surface area (Å²) in [6.07, 6.45) is 1.33. The van der Waals surface area contributed by atoms with Gasteiger partial charge < -0.3 is 15.7 Å². The van der Waals surface area contributed by atoms with Gasteiger partial charge in [0.15, 0.2) is 0 Å². The van der Waals surface area contributed by atoms with Crippen molar-refractivity contribution in [3.8, 4) is 0 Å². The maximum absolute atomic E-state index is 12.1. The molecule has 0 aromatic heterocycles. The number of nitrogens with two attached hydrogens (primary N) is 1. The van der Waals surface area contributed by atoms with Gasteiger partial charge in [-0.05, 0) is 44.0 Å². The standard InChI is InChI=1S/C13H21N3O3S/c1-15-20(18,19)13-7-10(14)3-4-12(13)16(2)8-9-5-11(17)6-9/h3-4,7,9,11,15,17H,5-6,8,14H2,1-2H3. The van der Waals surface area contributed by atoms with Crippen LogP contribution in [0, 0.1) is 5.92 Å². The average Bonchev–Trinajstić information content (AvgIpc) is 2.36. The highest BCUT2D eigenvalue weighted by Crippen LogP contribution is 2.32. The maximum atomic E-state index is 12.1. The number of benzene rings is 1. The number of anilines is 2. The molecule has 0 radical (unpaired) electrons. The van der Waals surface area contributed by atoms with E-state index in [2.05, 4.69) is 4.72 Å². The highest BCUT2D eigenvalue weighted by molar-refractivity contribution is 7.89. The van der Waals surface area contributed by atoms with Crippen LogP contribution in [-0.2, 0) is 10.0 Å². The Hall–Kier alpha value is -1.31. The molecule has 112 valence electrons. The lowest BCUT2D eigenvalue weighted by atomic mass is 9.82. The molecule has 2 rings (SSSR count). The van der Waals surface area contributed by atoms with Gasteiger partial charge >= 0.3 is 0 Å². The molecule has 1 aromatic rings.